The molecule has 0 spiro atoms. The van der Waals surface area contributed by atoms with Crippen molar-refractivity contribution < 1.29 is 27.4 Å². The van der Waals surface area contributed by atoms with Gasteiger partial charge in [-0.1, -0.05) is 23.4 Å². The number of rotatable bonds is 10. The predicted octanol–water partition coefficient (Wildman–Crippen LogP) is 4.26. The van der Waals surface area contributed by atoms with Crippen LogP contribution < -0.4 is 4.72 Å². The fourth-order valence-corrected chi connectivity index (χ4v) is 6.83. The maximum absolute atomic E-state index is 14.2. The van der Waals surface area contributed by atoms with Gasteiger partial charge in [-0.25, -0.2) is 21.9 Å². The van der Waals surface area contributed by atoms with E-state index in [0.717, 1.165) is 25.9 Å². The van der Waals surface area contributed by atoms with Crippen LogP contribution in [0, 0.1) is 17.6 Å². The highest BCUT2D eigenvalue weighted by atomic mass is 32.2. The first-order valence-corrected chi connectivity index (χ1v) is 15.8. The van der Waals surface area contributed by atoms with E-state index >= 15 is 0 Å². The highest BCUT2D eigenvalue weighted by Gasteiger charge is 2.22. The first kappa shape index (κ1) is 29.9. The van der Waals surface area contributed by atoms with E-state index in [1.54, 1.807) is 10.7 Å². The van der Waals surface area contributed by atoms with Crippen LogP contribution in [0.25, 0.3) is 33.3 Å². The van der Waals surface area contributed by atoms with E-state index in [9.17, 15) is 27.4 Å². The minimum absolute atomic E-state index is 0.0267. The molecule has 0 unspecified atom stereocenters. The molecular weight excluding hydrogens is 590 g/mol. The molecule has 2 aromatic heterocycles. The summed E-state index contributed by atoms with van der Waals surface area (Å²) in [4.78, 5) is 5.39. The number of aromatic hydroxyl groups is 1. The van der Waals surface area contributed by atoms with Gasteiger partial charge in [-0.2, -0.15) is 0 Å². The molecule has 0 amide bonds. The van der Waals surface area contributed by atoms with Gasteiger partial charge >= 0.3 is 0 Å². The number of benzene rings is 3. The average Bonchev–Trinajstić information content (AvgIpc) is 3.61. The van der Waals surface area contributed by atoms with E-state index in [1.807, 2.05) is 6.20 Å². The Balaban J connectivity index is 0.998. The molecule has 230 valence electrons. The van der Waals surface area contributed by atoms with Gasteiger partial charge < -0.3 is 20.1 Å². The van der Waals surface area contributed by atoms with E-state index in [4.69, 9.17) is 0 Å². The van der Waals surface area contributed by atoms with Crippen LogP contribution in [0.5, 0.6) is 5.75 Å². The smallest absolute Gasteiger partial charge is 0.240 e. The summed E-state index contributed by atoms with van der Waals surface area (Å²) >= 11 is 0. The molecule has 13 heteroatoms. The van der Waals surface area contributed by atoms with E-state index < -0.39 is 15.8 Å². The van der Waals surface area contributed by atoms with Crippen LogP contribution in [0.1, 0.15) is 18.5 Å². The molecule has 0 aliphatic carbocycles. The molecular formula is C31H32F2N6O4S. The second-order valence-electron chi connectivity index (χ2n) is 11.0. The summed E-state index contributed by atoms with van der Waals surface area (Å²) in [6.45, 7) is 2.85. The number of likely N-dealkylation sites (tertiary alicyclic amines) is 1. The molecule has 0 saturated carbocycles. The number of aliphatic hydroxyl groups is 1. The molecule has 1 fully saturated rings. The van der Waals surface area contributed by atoms with Crippen LogP contribution in [0.3, 0.4) is 0 Å². The summed E-state index contributed by atoms with van der Waals surface area (Å²) in [5, 5.41) is 29.1. The molecule has 6 rings (SSSR count). The van der Waals surface area contributed by atoms with Gasteiger partial charge in [-0.3, -0.25) is 4.68 Å². The Hall–Kier alpha value is -4.17. The maximum Gasteiger partial charge on any atom is 0.240 e. The number of sulfonamides is 1. The second kappa shape index (κ2) is 12.4. The van der Waals surface area contributed by atoms with Crippen LogP contribution in [0.4, 0.5) is 8.78 Å². The summed E-state index contributed by atoms with van der Waals surface area (Å²) < 4.78 is 58.2. The van der Waals surface area contributed by atoms with Crippen molar-refractivity contribution in [2.24, 2.45) is 5.92 Å². The number of hydrogen-bond donors (Lipinski definition) is 4. The van der Waals surface area contributed by atoms with Crippen molar-refractivity contribution in [3.8, 4) is 28.1 Å². The number of nitrogens with zero attached hydrogens (tertiary/aromatic N) is 4. The van der Waals surface area contributed by atoms with Crippen molar-refractivity contribution in [2.45, 2.75) is 30.9 Å². The van der Waals surface area contributed by atoms with Gasteiger partial charge in [0.25, 0.3) is 0 Å². The number of aromatic nitrogens is 4. The molecule has 3 heterocycles. The normalized spacial score (nSPS) is 14.9. The van der Waals surface area contributed by atoms with Gasteiger partial charge in [0.2, 0.25) is 10.0 Å². The van der Waals surface area contributed by atoms with Gasteiger partial charge in [-0.15, -0.1) is 5.10 Å². The van der Waals surface area contributed by atoms with Gasteiger partial charge in [0.05, 0.1) is 29.0 Å². The fraction of sp³-hybridized carbons (Fsp3) is 0.290. The van der Waals surface area contributed by atoms with Crippen LogP contribution >= 0.6 is 0 Å². The lowest BCUT2D eigenvalue weighted by Crippen LogP contribution is -2.40. The molecule has 0 radical (unpaired) electrons. The van der Waals surface area contributed by atoms with Crippen molar-refractivity contribution in [3.63, 3.8) is 0 Å². The number of aliphatic hydroxyl groups excluding tert-OH is 1. The van der Waals surface area contributed by atoms with Crippen molar-refractivity contribution in [1.29, 1.82) is 0 Å². The van der Waals surface area contributed by atoms with Crippen LogP contribution in [-0.2, 0) is 23.2 Å². The number of phenolic OH excluding ortho intramolecular Hbond substituents is 1. The monoisotopic (exact) mass is 622 g/mol. The number of aromatic amines is 1. The zero-order chi connectivity index (χ0) is 30.8. The minimum Gasteiger partial charge on any atom is -0.507 e. The number of fused-ring (bicyclic) bond motifs is 1. The first-order chi connectivity index (χ1) is 21.2. The lowest BCUT2D eigenvalue weighted by molar-refractivity contribution is 0.173. The van der Waals surface area contributed by atoms with Gasteiger partial charge in [0, 0.05) is 36.1 Å². The van der Waals surface area contributed by atoms with E-state index in [1.165, 1.54) is 54.6 Å². The van der Waals surface area contributed by atoms with Gasteiger partial charge in [0.1, 0.15) is 23.1 Å². The highest BCUT2D eigenvalue weighted by Crippen LogP contribution is 2.33. The van der Waals surface area contributed by atoms with Crippen molar-refractivity contribution in [1.82, 2.24) is 29.6 Å². The van der Waals surface area contributed by atoms with Crippen molar-refractivity contribution in [2.75, 3.05) is 26.2 Å². The van der Waals surface area contributed by atoms with E-state index in [2.05, 4.69) is 24.9 Å². The third-order valence-electron chi connectivity index (χ3n) is 8.11. The molecule has 1 saturated heterocycles. The lowest BCUT2D eigenvalue weighted by Gasteiger charge is -2.31. The number of hydrogen-bond acceptors (Lipinski definition) is 7. The zero-order valence-electron chi connectivity index (χ0n) is 23.7. The fourth-order valence-electron chi connectivity index (χ4n) is 5.81. The Labute approximate surface area is 253 Å². The Kier molecular flexibility index (Phi) is 8.45. The molecule has 44 heavy (non-hydrogen) atoms. The van der Waals surface area contributed by atoms with Gasteiger partial charge in [0.15, 0.2) is 0 Å². The Bertz CT molecular complexity index is 1860. The Morgan fingerprint density at radius 1 is 1.02 bits per heavy atom. The summed E-state index contributed by atoms with van der Waals surface area (Å²) in [6, 6.07) is 14.2. The average molecular weight is 623 g/mol. The number of nitrogens with one attached hydrogen (secondary N) is 2. The van der Waals surface area contributed by atoms with Crippen molar-refractivity contribution in [3.05, 3.63) is 84.2 Å². The Morgan fingerprint density at radius 2 is 1.80 bits per heavy atom. The maximum atomic E-state index is 14.2. The second-order valence-corrected chi connectivity index (χ2v) is 12.8. The quantitative estimate of drug-likeness (QED) is 0.183. The van der Waals surface area contributed by atoms with Gasteiger partial charge in [-0.05, 0) is 79.9 Å². The summed E-state index contributed by atoms with van der Waals surface area (Å²) in [6.07, 6.45) is 3.64. The number of H-pyrrole nitrogens is 1. The molecule has 10 nitrogen and oxygen atoms in total. The predicted molar refractivity (Wildman–Crippen MR) is 161 cm³/mol. The summed E-state index contributed by atoms with van der Waals surface area (Å²) in [5.74, 6) is -0.809. The number of piperidine rings is 1. The molecule has 0 atom stereocenters. The molecule has 3 aromatic carbocycles. The van der Waals surface area contributed by atoms with E-state index in [-0.39, 0.29) is 35.2 Å². The molecule has 1 aliphatic rings. The minimum atomic E-state index is -3.76. The number of phenols is 1. The Morgan fingerprint density at radius 3 is 2.52 bits per heavy atom. The zero-order valence-corrected chi connectivity index (χ0v) is 24.6. The standard InChI is InChI=1S/C31H32F2N6O4S/c32-22-6-9-26-24(16-22)31(28(19-40)35-26)27-18-39(37-36-27)17-20-10-13-38(14-11-20)15-12-34-44(42,43)23-7-4-21(5-8-23)30-25(33)2-1-3-29(30)41/h1-9,16,18,20,34-35,40-41H,10-15,17,19H2. The van der Waals surface area contributed by atoms with Crippen molar-refractivity contribution >= 4 is 20.9 Å². The first-order valence-electron chi connectivity index (χ1n) is 14.3. The topological polar surface area (TPSA) is 136 Å². The molecule has 1 aliphatic heterocycles. The summed E-state index contributed by atoms with van der Waals surface area (Å²) in [5.41, 5.74) is 2.89. The third kappa shape index (κ3) is 6.22. The van der Waals surface area contributed by atoms with Crippen LogP contribution in [0.2, 0.25) is 0 Å². The van der Waals surface area contributed by atoms with Crippen LogP contribution in [-0.4, -0.2) is 69.7 Å². The summed E-state index contributed by atoms with van der Waals surface area (Å²) in [7, 11) is -3.76. The molecule has 0 bridgehead atoms. The molecule has 4 N–H and O–H groups in total. The largest absolute Gasteiger partial charge is 0.507 e. The highest BCUT2D eigenvalue weighted by molar-refractivity contribution is 7.89. The lowest BCUT2D eigenvalue weighted by atomic mass is 9.97. The SMILES string of the molecule is O=S(=O)(NCCN1CCC(Cn2cc(-c3c(CO)[nH]c4ccc(F)cc34)nn2)CC1)c1ccc(-c2c(O)cccc2F)cc1. The molecule has 5 aromatic rings. The van der Waals surface area contributed by atoms with Crippen LogP contribution in [0.15, 0.2) is 71.8 Å². The van der Waals surface area contributed by atoms with E-state index in [0.29, 0.717) is 52.4 Å². The third-order valence-corrected chi connectivity index (χ3v) is 9.59. The number of halogens is 2.